The molecule has 112 valence electrons. The van der Waals surface area contributed by atoms with E-state index in [0.29, 0.717) is 18.2 Å². The molecule has 4 nitrogen and oxygen atoms in total. The average molecular weight is 277 g/mol. The van der Waals surface area contributed by atoms with Crippen molar-refractivity contribution in [2.75, 3.05) is 37.3 Å². The standard InChI is InChI=1S/C16H27N3O/c1-5-13(3)11-19(6-2)12-16(20)18(4)15-9-7-14(17)8-10-15/h7-10,13H,5-6,11-12,17H2,1-4H3. The molecule has 0 aliphatic heterocycles. The molecule has 1 atom stereocenters. The van der Waals surface area contributed by atoms with Crippen molar-refractivity contribution >= 4 is 17.3 Å². The van der Waals surface area contributed by atoms with E-state index in [0.717, 1.165) is 25.2 Å². The fourth-order valence-corrected chi connectivity index (χ4v) is 2.01. The second-order valence-corrected chi connectivity index (χ2v) is 5.39. The molecule has 0 bridgehead atoms. The van der Waals surface area contributed by atoms with Gasteiger partial charge < -0.3 is 10.6 Å². The van der Waals surface area contributed by atoms with Gasteiger partial charge in [0.15, 0.2) is 0 Å². The number of benzene rings is 1. The first-order valence-corrected chi connectivity index (χ1v) is 7.32. The lowest BCUT2D eigenvalue weighted by atomic mass is 10.1. The van der Waals surface area contributed by atoms with E-state index in [-0.39, 0.29) is 5.91 Å². The molecule has 0 fully saturated rings. The summed E-state index contributed by atoms with van der Waals surface area (Å²) in [4.78, 5) is 16.2. The van der Waals surface area contributed by atoms with Gasteiger partial charge in [0.05, 0.1) is 6.54 Å². The molecule has 0 saturated carbocycles. The lowest BCUT2D eigenvalue weighted by Gasteiger charge is -2.26. The monoisotopic (exact) mass is 277 g/mol. The van der Waals surface area contributed by atoms with E-state index in [4.69, 9.17) is 5.73 Å². The maximum atomic E-state index is 12.3. The van der Waals surface area contributed by atoms with Crippen LogP contribution in [-0.4, -0.2) is 37.5 Å². The van der Waals surface area contributed by atoms with Crippen molar-refractivity contribution < 1.29 is 4.79 Å². The first kappa shape index (κ1) is 16.5. The SMILES string of the molecule is CCC(C)CN(CC)CC(=O)N(C)c1ccc(N)cc1. The number of hydrogen-bond donors (Lipinski definition) is 1. The lowest BCUT2D eigenvalue weighted by Crippen LogP contribution is -2.40. The number of rotatable bonds is 7. The Morgan fingerprint density at radius 3 is 2.35 bits per heavy atom. The van der Waals surface area contributed by atoms with Crippen LogP contribution in [0.15, 0.2) is 24.3 Å². The number of carbonyl (C=O) groups is 1. The van der Waals surface area contributed by atoms with Gasteiger partial charge >= 0.3 is 0 Å². The molecule has 1 amide bonds. The highest BCUT2D eigenvalue weighted by Crippen LogP contribution is 2.15. The van der Waals surface area contributed by atoms with Gasteiger partial charge in [-0.05, 0) is 36.7 Å². The molecular weight excluding hydrogens is 250 g/mol. The lowest BCUT2D eigenvalue weighted by molar-refractivity contribution is -0.119. The van der Waals surface area contributed by atoms with Crippen molar-refractivity contribution in [3.05, 3.63) is 24.3 Å². The minimum atomic E-state index is 0.111. The predicted octanol–water partition coefficient (Wildman–Crippen LogP) is 2.60. The Kier molecular flexibility index (Phi) is 6.52. The largest absolute Gasteiger partial charge is 0.399 e. The van der Waals surface area contributed by atoms with Crippen molar-refractivity contribution in [1.82, 2.24) is 4.90 Å². The molecule has 0 aromatic heterocycles. The Balaban J connectivity index is 2.62. The van der Waals surface area contributed by atoms with Gasteiger partial charge in [0, 0.05) is 25.0 Å². The summed E-state index contributed by atoms with van der Waals surface area (Å²) in [6, 6.07) is 7.38. The van der Waals surface area contributed by atoms with Crippen LogP contribution in [0.3, 0.4) is 0 Å². The zero-order valence-corrected chi connectivity index (χ0v) is 13.1. The third-order valence-electron chi connectivity index (χ3n) is 3.73. The number of anilines is 2. The summed E-state index contributed by atoms with van der Waals surface area (Å²) in [6.07, 6.45) is 1.14. The summed E-state index contributed by atoms with van der Waals surface area (Å²) >= 11 is 0. The second kappa shape index (κ2) is 7.90. The van der Waals surface area contributed by atoms with E-state index < -0.39 is 0 Å². The Hall–Kier alpha value is -1.55. The zero-order valence-electron chi connectivity index (χ0n) is 13.1. The van der Waals surface area contributed by atoms with Gasteiger partial charge in [-0.2, -0.15) is 0 Å². The molecule has 0 aliphatic rings. The van der Waals surface area contributed by atoms with Crippen LogP contribution in [-0.2, 0) is 4.79 Å². The van der Waals surface area contributed by atoms with Crippen LogP contribution in [0.4, 0.5) is 11.4 Å². The topological polar surface area (TPSA) is 49.6 Å². The second-order valence-electron chi connectivity index (χ2n) is 5.39. The van der Waals surface area contributed by atoms with Crippen molar-refractivity contribution in [3.8, 4) is 0 Å². The number of amides is 1. The van der Waals surface area contributed by atoms with Crippen LogP contribution in [0.5, 0.6) is 0 Å². The molecule has 1 rings (SSSR count). The highest BCUT2D eigenvalue weighted by atomic mass is 16.2. The molecular formula is C16H27N3O. The number of hydrogen-bond acceptors (Lipinski definition) is 3. The molecule has 0 saturated heterocycles. The van der Waals surface area contributed by atoms with Crippen molar-refractivity contribution in [1.29, 1.82) is 0 Å². The smallest absolute Gasteiger partial charge is 0.240 e. The minimum Gasteiger partial charge on any atom is -0.399 e. The molecule has 2 N–H and O–H groups in total. The van der Waals surface area contributed by atoms with Crippen LogP contribution in [0, 0.1) is 5.92 Å². The Bertz CT molecular complexity index is 416. The first-order chi connectivity index (χ1) is 9.47. The number of nitrogens with zero attached hydrogens (tertiary/aromatic N) is 2. The maximum Gasteiger partial charge on any atom is 0.240 e. The fraction of sp³-hybridized carbons (Fsp3) is 0.562. The molecule has 0 spiro atoms. The summed E-state index contributed by atoms with van der Waals surface area (Å²) in [5, 5.41) is 0. The van der Waals surface area contributed by atoms with Gasteiger partial charge in [0.2, 0.25) is 5.91 Å². The van der Waals surface area contributed by atoms with E-state index in [9.17, 15) is 4.79 Å². The molecule has 0 aliphatic carbocycles. The number of carbonyl (C=O) groups excluding carboxylic acids is 1. The van der Waals surface area contributed by atoms with Gasteiger partial charge in [-0.1, -0.05) is 27.2 Å². The van der Waals surface area contributed by atoms with E-state index in [1.807, 2.05) is 31.3 Å². The van der Waals surface area contributed by atoms with E-state index in [1.54, 1.807) is 4.90 Å². The average Bonchev–Trinajstić information content (AvgIpc) is 2.46. The van der Waals surface area contributed by atoms with E-state index >= 15 is 0 Å². The van der Waals surface area contributed by atoms with E-state index in [2.05, 4.69) is 25.7 Å². The Morgan fingerprint density at radius 1 is 1.25 bits per heavy atom. The van der Waals surface area contributed by atoms with Crippen molar-refractivity contribution in [2.45, 2.75) is 27.2 Å². The fourth-order valence-electron chi connectivity index (χ4n) is 2.01. The van der Waals surface area contributed by atoms with Crippen LogP contribution >= 0.6 is 0 Å². The summed E-state index contributed by atoms with van der Waals surface area (Å²) in [5.74, 6) is 0.726. The number of likely N-dealkylation sites (N-methyl/N-ethyl adjacent to an activating group) is 2. The summed E-state index contributed by atoms with van der Waals surface area (Å²) in [7, 11) is 1.81. The van der Waals surface area contributed by atoms with Crippen molar-refractivity contribution in [2.24, 2.45) is 5.92 Å². The summed E-state index contributed by atoms with van der Waals surface area (Å²) < 4.78 is 0. The van der Waals surface area contributed by atoms with Gasteiger partial charge in [0.25, 0.3) is 0 Å². The van der Waals surface area contributed by atoms with Gasteiger partial charge in [0.1, 0.15) is 0 Å². The number of nitrogen functional groups attached to an aromatic ring is 1. The highest BCUT2D eigenvalue weighted by molar-refractivity contribution is 5.94. The van der Waals surface area contributed by atoms with Gasteiger partial charge in [-0.15, -0.1) is 0 Å². The third-order valence-corrected chi connectivity index (χ3v) is 3.73. The predicted molar refractivity (Wildman–Crippen MR) is 85.8 cm³/mol. The summed E-state index contributed by atoms with van der Waals surface area (Å²) in [5.41, 5.74) is 7.25. The molecule has 1 unspecified atom stereocenters. The molecule has 4 heteroatoms. The van der Waals surface area contributed by atoms with Crippen LogP contribution in [0.1, 0.15) is 27.2 Å². The third kappa shape index (κ3) is 4.85. The normalized spacial score (nSPS) is 12.4. The first-order valence-electron chi connectivity index (χ1n) is 7.32. The molecule has 1 aromatic carbocycles. The highest BCUT2D eigenvalue weighted by Gasteiger charge is 2.16. The molecule has 0 heterocycles. The Labute approximate surface area is 122 Å². The molecule has 0 radical (unpaired) electrons. The van der Waals surface area contributed by atoms with Gasteiger partial charge in [-0.25, -0.2) is 0 Å². The van der Waals surface area contributed by atoms with Crippen LogP contribution < -0.4 is 10.6 Å². The minimum absolute atomic E-state index is 0.111. The zero-order chi connectivity index (χ0) is 15.1. The molecule has 1 aromatic rings. The van der Waals surface area contributed by atoms with Crippen molar-refractivity contribution in [3.63, 3.8) is 0 Å². The maximum absolute atomic E-state index is 12.3. The number of nitrogens with two attached hydrogens (primary N) is 1. The van der Waals surface area contributed by atoms with E-state index in [1.165, 1.54) is 0 Å². The van der Waals surface area contributed by atoms with Crippen LogP contribution in [0.2, 0.25) is 0 Å². The Morgan fingerprint density at radius 2 is 1.85 bits per heavy atom. The van der Waals surface area contributed by atoms with Gasteiger partial charge in [-0.3, -0.25) is 9.69 Å². The molecule has 20 heavy (non-hydrogen) atoms. The quantitative estimate of drug-likeness (QED) is 0.779. The van der Waals surface area contributed by atoms with Crippen LogP contribution in [0.25, 0.3) is 0 Å². The summed E-state index contributed by atoms with van der Waals surface area (Å²) in [6.45, 7) is 8.82.